The van der Waals surface area contributed by atoms with Crippen molar-refractivity contribution in [2.24, 2.45) is 0 Å². The molecule has 196 valence electrons. The van der Waals surface area contributed by atoms with Gasteiger partial charge in [-0.3, -0.25) is 13.9 Å². The van der Waals surface area contributed by atoms with Crippen molar-refractivity contribution in [2.45, 2.75) is 25.9 Å². The van der Waals surface area contributed by atoms with Gasteiger partial charge in [0.25, 0.3) is 0 Å². The molecule has 0 aliphatic rings. The van der Waals surface area contributed by atoms with Gasteiger partial charge in [0.2, 0.25) is 21.8 Å². The van der Waals surface area contributed by atoms with Crippen LogP contribution in [0.1, 0.15) is 18.1 Å². The number of likely N-dealkylation sites (N-methyl/N-ethyl adjacent to an activating group) is 1. The monoisotopic (exact) mass is 589 g/mol. The fourth-order valence-electron chi connectivity index (χ4n) is 3.88. The lowest BCUT2D eigenvalue weighted by atomic mass is 10.0. The molecular weight excluding hydrogens is 561 g/mol. The van der Waals surface area contributed by atoms with Crippen molar-refractivity contribution in [1.29, 1.82) is 0 Å². The maximum absolute atomic E-state index is 13.9. The zero-order valence-corrected chi connectivity index (χ0v) is 23.0. The van der Waals surface area contributed by atoms with Crippen molar-refractivity contribution in [1.82, 2.24) is 10.2 Å². The first kappa shape index (κ1) is 28.3. The van der Waals surface area contributed by atoms with Crippen LogP contribution in [0.25, 0.3) is 0 Å². The largest absolute Gasteiger partial charge is 0.355 e. The fraction of sp³-hybridized carbons (Fsp3) is 0.259. The minimum atomic E-state index is -3.94. The number of hydrogen-bond donors (Lipinski definition) is 1. The van der Waals surface area contributed by atoms with Crippen LogP contribution in [0.4, 0.5) is 10.1 Å². The molecule has 1 atom stereocenters. The molecule has 0 aromatic heterocycles. The maximum Gasteiger partial charge on any atom is 0.244 e. The van der Waals surface area contributed by atoms with E-state index in [-0.39, 0.29) is 24.6 Å². The van der Waals surface area contributed by atoms with Crippen LogP contribution in [0.15, 0.2) is 83.3 Å². The summed E-state index contributed by atoms with van der Waals surface area (Å²) in [5, 5.41) is 2.80. The van der Waals surface area contributed by atoms with Gasteiger partial charge < -0.3 is 10.2 Å². The van der Waals surface area contributed by atoms with Crippen LogP contribution < -0.4 is 9.62 Å². The average molecular weight is 591 g/mol. The number of carbonyl (C=O) groups excluding carboxylic acids is 2. The number of hydrogen-bond acceptors (Lipinski definition) is 4. The van der Waals surface area contributed by atoms with E-state index in [9.17, 15) is 22.4 Å². The molecule has 3 aromatic carbocycles. The van der Waals surface area contributed by atoms with E-state index in [4.69, 9.17) is 0 Å². The molecule has 0 heterocycles. The Morgan fingerprint density at radius 2 is 1.65 bits per heavy atom. The van der Waals surface area contributed by atoms with Gasteiger partial charge in [-0.2, -0.15) is 0 Å². The lowest BCUT2D eigenvalue weighted by Gasteiger charge is -2.33. The molecule has 0 radical (unpaired) electrons. The Bertz CT molecular complexity index is 1320. The molecule has 10 heteroatoms. The van der Waals surface area contributed by atoms with Gasteiger partial charge in [0.15, 0.2) is 0 Å². The molecule has 0 spiro atoms. The molecule has 3 rings (SSSR count). The molecule has 0 unspecified atom stereocenters. The van der Waals surface area contributed by atoms with E-state index in [0.717, 1.165) is 32.2 Å². The first-order valence-corrected chi connectivity index (χ1v) is 14.3. The van der Waals surface area contributed by atoms with Gasteiger partial charge in [-0.15, -0.1) is 0 Å². The number of anilines is 1. The third-order valence-electron chi connectivity index (χ3n) is 5.66. The Morgan fingerprint density at radius 3 is 2.24 bits per heavy atom. The van der Waals surface area contributed by atoms with E-state index in [2.05, 4.69) is 21.2 Å². The number of amides is 2. The second-order valence-corrected chi connectivity index (χ2v) is 11.3. The number of halogens is 2. The lowest BCUT2D eigenvalue weighted by molar-refractivity contribution is -0.140. The summed E-state index contributed by atoms with van der Waals surface area (Å²) in [6.45, 7) is 1.63. The Kier molecular flexibility index (Phi) is 9.82. The number of rotatable bonds is 11. The van der Waals surface area contributed by atoms with Gasteiger partial charge in [-0.05, 0) is 48.4 Å². The van der Waals surface area contributed by atoms with Crippen LogP contribution in [-0.2, 0) is 32.6 Å². The second-order valence-electron chi connectivity index (χ2n) is 8.50. The molecule has 2 amide bonds. The van der Waals surface area contributed by atoms with Crippen LogP contribution in [0.3, 0.4) is 0 Å². The summed E-state index contributed by atoms with van der Waals surface area (Å²) >= 11 is 3.40. The highest BCUT2D eigenvalue weighted by atomic mass is 79.9. The number of sulfonamides is 1. The smallest absolute Gasteiger partial charge is 0.244 e. The Hall–Kier alpha value is -3.24. The van der Waals surface area contributed by atoms with Crippen LogP contribution in [0, 0.1) is 5.82 Å². The molecule has 0 aliphatic heterocycles. The molecule has 3 aromatic rings. The van der Waals surface area contributed by atoms with Gasteiger partial charge in [0.1, 0.15) is 18.4 Å². The summed E-state index contributed by atoms with van der Waals surface area (Å²) in [6, 6.07) is 20.7. The van der Waals surface area contributed by atoms with Gasteiger partial charge in [0.05, 0.1) is 11.9 Å². The summed E-state index contributed by atoms with van der Waals surface area (Å²) in [6.07, 6.45) is 1.18. The van der Waals surface area contributed by atoms with Crippen LogP contribution in [0.5, 0.6) is 0 Å². The van der Waals surface area contributed by atoms with E-state index in [0.29, 0.717) is 6.54 Å². The molecular formula is C27H29BrFN3O4S. The minimum absolute atomic E-state index is 0.0251. The first-order valence-electron chi connectivity index (χ1n) is 11.7. The van der Waals surface area contributed by atoms with Gasteiger partial charge in [-0.25, -0.2) is 12.8 Å². The zero-order valence-electron chi connectivity index (χ0n) is 20.6. The third-order valence-corrected chi connectivity index (χ3v) is 7.33. The highest BCUT2D eigenvalue weighted by molar-refractivity contribution is 9.10. The summed E-state index contributed by atoms with van der Waals surface area (Å²) in [5.74, 6) is -1.58. The van der Waals surface area contributed by atoms with Crippen LogP contribution >= 0.6 is 15.9 Å². The maximum atomic E-state index is 13.9. The van der Waals surface area contributed by atoms with E-state index in [1.807, 2.05) is 54.6 Å². The van der Waals surface area contributed by atoms with E-state index in [1.165, 1.54) is 23.1 Å². The Labute approximate surface area is 225 Å². The van der Waals surface area contributed by atoms with Crippen molar-refractivity contribution in [3.05, 3.63) is 100 Å². The van der Waals surface area contributed by atoms with Gasteiger partial charge in [-0.1, -0.05) is 64.5 Å². The second kappa shape index (κ2) is 12.8. The summed E-state index contributed by atoms with van der Waals surface area (Å²) in [4.78, 5) is 28.4. The average Bonchev–Trinajstić information content (AvgIpc) is 2.85. The Balaban J connectivity index is 2.03. The highest BCUT2D eigenvalue weighted by Gasteiger charge is 2.32. The minimum Gasteiger partial charge on any atom is -0.355 e. The van der Waals surface area contributed by atoms with Crippen molar-refractivity contribution >= 4 is 43.5 Å². The number of nitrogens with zero attached hydrogens (tertiary/aromatic N) is 2. The number of nitrogens with one attached hydrogen (secondary N) is 1. The predicted octanol–water partition coefficient (Wildman–Crippen LogP) is 4.13. The van der Waals surface area contributed by atoms with E-state index < -0.39 is 34.3 Å². The van der Waals surface area contributed by atoms with Gasteiger partial charge >= 0.3 is 0 Å². The number of carbonyl (C=O) groups is 2. The molecule has 7 nitrogen and oxygen atoms in total. The lowest BCUT2D eigenvalue weighted by Crippen LogP contribution is -2.53. The third kappa shape index (κ3) is 8.13. The number of benzene rings is 3. The topological polar surface area (TPSA) is 86.8 Å². The summed E-state index contributed by atoms with van der Waals surface area (Å²) in [5.41, 5.74) is 1.63. The van der Waals surface area contributed by atoms with Crippen molar-refractivity contribution < 1.29 is 22.4 Å². The normalized spacial score (nSPS) is 12.0. The SMILES string of the molecule is CCNC(=O)[C@H](Cc1ccccc1)N(Cc1ccc(Br)cc1)C(=O)CN(c1cccc(F)c1)S(C)(=O)=O. The molecule has 37 heavy (non-hydrogen) atoms. The molecule has 0 saturated heterocycles. The molecule has 0 bridgehead atoms. The predicted molar refractivity (Wildman–Crippen MR) is 146 cm³/mol. The quantitative estimate of drug-likeness (QED) is 0.364. The fourth-order valence-corrected chi connectivity index (χ4v) is 4.98. The standard InChI is InChI=1S/C27H29BrFN3O4S/c1-3-30-27(34)25(16-20-8-5-4-6-9-20)31(18-21-12-14-22(28)15-13-21)26(33)19-32(37(2,35)36)24-11-7-10-23(29)17-24/h4-15,17,25H,3,16,18-19H2,1-2H3,(H,30,34)/t25-/m0/s1. The van der Waals surface area contributed by atoms with Crippen LogP contribution in [-0.4, -0.2) is 50.5 Å². The summed E-state index contributed by atoms with van der Waals surface area (Å²) < 4.78 is 40.9. The molecule has 0 aliphatic carbocycles. The van der Waals surface area contributed by atoms with Crippen molar-refractivity contribution in [2.75, 3.05) is 23.7 Å². The first-order chi connectivity index (χ1) is 17.6. The Morgan fingerprint density at radius 1 is 0.973 bits per heavy atom. The summed E-state index contributed by atoms with van der Waals surface area (Å²) in [7, 11) is -3.94. The highest BCUT2D eigenvalue weighted by Crippen LogP contribution is 2.21. The van der Waals surface area contributed by atoms with Gasteiger partial charge in [0, 0.05) is 24.0 Å². The van der Waals surface area contributed by atoms with Crippen molar-refractivity contribution in [3.8, 4) is 0 Å². The van der Waals surface area contributed by atoms with Crippen LogP contribution in [0.2, 0.25) is 0 Å². The van der Waals surface area contributed by atoms with E-state index >= 15 is 0 Å². The zero-order chi connectivity index (χ0) is 27.0. The van der Waals surface area contributed by atoms with Crippen molar-refractivity contribution in [3.63, 3.8) is 0 Å². The molecule has 1 N–H and O–H groups in total. The molecule has 0 fully saturated rings. The molecule has 0 saturated carbocycles. The van der Waals surface area contributed by atoms with E-state index in [1.54, 1.807) is 6.92 Å².